The Hall–Kier alpha value is -1.50. The van der Waals surface area contributed by atoms with E-state index in [0.29, 0.717) is 0 Å². The third kappa shape index (κ3) is 2.79. The normalized spacial score (nSPS) is 24.8. The maximum atomic E-state index is 4.19. The minimum absolute atomic E-state index is 0. The Morgan fingerprint density at radius 1 is 1.10 bits per heavy atom. The molecule has 0 radical (unpaired) electrons. The molecule has 6 nitrogen and oxygen atoms in total. The van der Waals surface area contributed by atoms with E-state index in [1.807, 2.05) is 35.0 Å². The number of rotatable bonds is 3. The first kappa shape index (κ1) is 14.4. The number of aromatic nitrogens is 4. The number of likely N-dealkylation sites (tertiary alicyclic amines) is 1. The number of benzene rings is 1. The fourth-order valence-electron chi connectivity index (χ4n) is 3.36. The van der Waals surface area contributed by atoms with Crippen LogP contribution in [-0.2, 0) is 6.54 Å². The molecular weight excluding hydrogens is 288 g/mol. The Kier molecular flexibility index (Phi) is 4.19. The lowest BCUT2D eigenvalue weighted by Crippen LogP contribution is -2.26. The fraction of sp³-hybridized carbons (Fsp3) is 0.500. The summed E-state index contributed by atoms with van der Waals surface area (Å²) in [5.41, 5.74) is 1.02. The van der Waals surface area contributed by atoms with Gasteiger partial charge in [0.15, 0.2) is 5.82 Å². The molecule has 2 atom stereocenters. The molecule has 1 aromatic carbocycles. The number of halogens is 1. The van der Waals surface area contributed by atoms with Crippen molar-refractivity contribution in [1.82, 2.24) is 30.4 Å². The lowest BCUT2D eigenvalue weighted by atomic mass is 10.0. The van der Waals surface area contributed by atoms with Gasteiger partial charge in [-0.2, -0.15) is 4.68 Å². The quantitative estimate of drug-likeness (QED) is 0.906. The van der Waals surface area contributed by atoms with Crippen LogP contribution < -0.4 is 5.32 Å². The number of hydrogen-bond acceptors (Lipinski definition) is 5. The Labute approximate surface area is 129 Å². The predicted octanol–water partition coefficient (Wildman–Crippen LogP) is 0.735. The molecule has 2 fully saturated rings. The van der Waals surface area contributed by atoms with Gasteiger partial charge in [-0.3, -0.25) is 4.90 Å². The van der Waals surface area contributed by atoms with Crippen molar-refractivity contribution in [2.45, 2.75) is 6.54 Å². The van der Waals surface area contributed by atoms with Crippen LogP contribution in [0, 0.1) is 11.8 Å². The molecule has 21 heavy (non-hydrogen) atoms. The largest absolute Gasteiger partial charge is 0.316 e. The average molecular weight is 307 g/mol. The lowest BCUT2D eigenvalue weighted by molar-refractivity contribution is 0.295. The van der Waals surface area contributed by atoms with Gasteiger partial charge in [0, 0.05) is 13.1 Å². The van der Waals surface area contributed by atoms with Crippen LogP contribution >= 0.6 is 12.4 Å². The van der Waals surface area contributed by atoms with Crippen molar-refractivity contribution in [2.24, 2.45) is 11.8 Å². The van der Waals surface area contributed by atoms with Gasteiger partial charge in [0.25, 0.3) is 0 Å². The Balaban J connectivity index is 0.00000132. The molecule has 2 saturated heterocycles. The fourth-order valence-corrected chi connectivity index (χ4v) is 3.36. The molecule has 1 aromatic heterocycles. The van der Waals surface area contributed by atoms with Gasteiger partial charge in [-0.05, 0) is 47.5 Å². The third-order valence-electron chi connectivity index (χ3n) is 4.37. The van der Waals surface area contributed by atoms with E-state index < -0.39 is 0 Å². The summed E-state index contributed by atoms with van der Waals surface area (Å²) in [6.45, 7) is 5.45. The molecule has 0 unspecified atom stereocenters. The van der Waals surface area contributed by atoms with E-state index in [9.17, 15) is 0 Å². The number of hydrogen-bond donors (Lipinski definition) is 1. The highest BCUT2D eigenvalue weighted by Crippen LogP contribution is 2.27. The molecule has 0 saturated carbocycles. The van der Waals surface area contributed by atoms with Crippen LogP contribution in [-0.4, -0.2) is 51.3 Å². The summed E-state index contributed by atoms with van der Waals surface area (Å²) >= 11 is 0. The summed E-state index contributed by atoms with van der Waals surface area (Å²) in [5, 5.41) is 15.6. The molecule has 4 rings (SSSR count). The molecule has 2 aromatic rings. The van der Waals surface area contributed by atoms with Crippen molar-refractivity contribution in [3.8, 4) is 5.69 Å². The summed E-state index contributed by atoms with van der Waals surface area (Å²) in [7, 11) is 0. The van der Waals surface area contributed by atoms with E-state index in [2.05, 4.69) is 25.7 Å². The molecule has 0 bridgehead atoms. The van der Waals surface area contributed by atoms with Crippen LogP contribution in [0.2, 0.25) is 0 Å². The highest BCUT2D eigenvalue weighted by atomic mass is 35.5. The van der Waals surface area contributed by atoms with Gasteiger partial charge in [0.05, 0.1) is 12.2 Å². The van der Waals surface area contributed by atoms with Crippen LogP contribution in [0.5, 0.6) is 0 Å². The van der Waals surface area contributed by atoms with E-state index in [-0.39, 0.29) is 12.4 Å². The molecule has 112 valence electrons. The second-order valence-corrected chi connectivity index (χ2v) is 5.71. The highest BCUT2D eigenvalue weighted by Gasteiger charge is 2.36. The van der Waals surface area contributed by atoms with Crippen molar-refractivity contribution >= 4 is 12.4 Å². The Morgan fingerprint density at radius 3 is 2.52 bits per heavy atom. The van der Waals surface area contributed by atoms with Crippen LogP contribution in [0.25, 0.3) is 5.69 Å². The number of fused-ring (bicyclic) bond motifs is 1. The summed E-state index contributed by atoms with van der Waals surface area (Å²) < 4.78 is 1.84. The number of para-hydroxylation sites is 1. The van der Waals surface area contributed by atoms with Gasteiger partial charge >= 0.3 is 0 Å². The number of nitrogens with zero attached hydrogens (tertiary/aromatic N) is 5. The highest BCUT2D eigenvalue weighted by molar-refractivity contribution is 5.85. The second-order valence-electron chi connectivity index (χ2n) is 5.71. The lowest BCUT2D eigenvalue weighted by Gasteiger charge is -2.16. The van der Waals surface area contributed by atoms with Gasteiger partial charge in [-0.25, -0.2) is 0 Å². The third-order valence-corrected chi connectivity index (χ3v) is 4.37. The van der Waals surface area contributed by atoms with E-state index >= 15 is 0 Å². The van der Waals surface area contributed by atoms with Crippen LogP contribution in [0.15, 0.2) is 30.3 Å². The first-order valence-electron chi connectivity index (χ1n) is 7.16. The number of tetrazole rings is 1. The van der Waals surface area contributed by atoms with Gasteiger partial charge < -0.3 is 5.32 Å². The zero-order valence-electron chi connectivity index (χ0n) is 11.7. The minimum atomic E-state index is 0. The first-order chi connectivity index (χ1) is 9.90. The first-order valence-corrected chi connectivity index (χ1v) is 7.16. The van der Waals surface area contributed by atoms with Gasteiger partial charge in [0.1, 0.15) is 0 Å². The Bertz CT molecular complexity index is 574. The zero-order chi connectivity index (χ0) is 13.4. The Morgan fingerprint density at radius 2 is 1.81 bits per heavy atom. The summed E-state index contributed by atoms with van der Waals surface area (Å²) in [5.74, 6) is 2.52. The average Bonchev–Trinajstić information content (AvgIpc) is 3.15. The van der Waals surface area contributed by atoms with E-state index in [1.54, 1.807) is 0 Å². The molecule has 3 heterocycles. The molecule has 7 heteroatoms. The van der Waals surface area contributed by atoms with Crippen molar-refractivity contribution in [3.63, 3.8) is 0 Å². The molecule has 1 N–H and O–H groups in total. The minimum Gasteiger partial charge on any atom is -0.316 e. The van der Waals surface area contributed by atoms with E-state index in [0.717, 1.165) is 56.1 Å². The molecule has 0 aliphatic carbocycles. The zero-order valence-corrected chi connectivity index (χ0v) is 12.5. The molecule has 0 spiro atoms. The van der Waals surface area contributed by atoms with Crippen LogP contribution in [0.3, 0.4) is 0 Å². The molecule has 0 amide bonds. The van der Waals surface area contributed by atoms with Crippen LogP contribution in [0.1, 0.15) is 5.82 Å². The van der Waals surface area contributed by atoms with E-state index in [4.69, 9.17) is 0 Å². The molecule has 2 aliphatic rings. The van der Waals surface area contributed by atoms with E-state index in [1.165, 1.54) is 0 Å². The van der Waals surface area contributed by atoms with Gasteiger partial charge in [-0.15, -0.1) is 17.5 Å². The molecular formula is C14H19ClN6. The standard InChI is InChI=1S/C14H18N6.ClH/c1-2-4-13(5-3-1)20-14(16-17-18-20)10-19-8-11-6-15-7-12(11)9-19;/h1-5,11-12,15H,6-10H2;1H/t11-,12+;. The number of nitrogens with one attached hydrogen (secondary N) is 1. The SMILES string of the molecule is Cl.c1ccc(-n2nnnc2CN2C[C@H]3CNC[C@H]3C2)cc1. The van der Waals surface area contributed by atoms with Crippen molar-refractivity contribution in [3.05, 3.63) is 36.2 Å². The second kappa shape index (κ2) is 6.09. The summed E-state index contributed by atoms with van der Waals surface area (Å²) in [6, 6.07) is 10.1. The summed E-state index contributed by atoms with van der Waals surface area (Å²) in [6.07, 6.45) is 0. The topological polar surface area (TPSA) is 58.9 Å². The van der Waals surface area contributed by atoms with Crippen molar-refractivity contribution < 1.29 is 0 Å². The van der Waals surface area contributed by atoms with Gasteiger partial charge in [0.2, 0.25) is 0 Å². The van der Waals surface area contributed by atoms with Gasteiger partial charge in [-0.1, -0.05) is 18.2 Å². The predicted molar refractivity (Wildman–Crippen MR) is 81.5 cm³/mol. The molecule has 2 aliphatic heterocycles. The maximum absolute atomic E-state index is 4.19. The van der Waals surface area contributed by atoms with Crippen LogP contribution in [0.4, 0.5) is 0 Å². The smallest absolute Gasteiger partial charge is 0.170 e. The maximum Gasteiger partial charge on any atom is 0.170 e. The summed E-state index contributed by atoms with van der Waals surface area (Å²) in [4.78, 5) is 2.47. The van der Waals surface area contributed by atoms with Crippen molar-refractivity contribution in [2.75, 3.05) is 26.2 Å². The monoisotopic (exact) mass is 306 g/mol. The van der Waals surface area contributed by atoms with Crippen molar-refractivity contribution in [1.29, 1.82) is 0 Å².